The molecular weight excluding hydrogens is 288 g/mol. The molecule has 0 aliphatic carbocycles. The highest BCUT2D eigenvalue weighted by Gasteiger charge is 2.10. The van der Waals surface area contributed by atoms with E-state index in [9.17, 15) is 0 Å². The molecule has 6 heteroatoms. The molecule has 0 radical (unpaired) electrons. The Morgan fingerprint density at radius 1 is 0.957 bits per heavy atom. The van der Waals surface area contributed by atoms with Gasteiger partial charge in [0, 0.05) is 11.9 Å². The molecule has 2 aromatic heterocycles. The van der Waals surface area contributed by atoms with Crippen LogP contribution in [0.2, 0.25) is 0 Å². The van der Waals surface area contributed by atoms with Gasteiger partial charge in [-0.2, -0.15) is 0 Å². The molecule has 0 atom stereocenters. The number of aromatic nitrogens is 3. The van der Waals surface area contributed by atoms with Gasteiger partial charge >= 0.3 is 0 Å². The zero-order valence-corrected chi connectivity index (χ0v) is 13.0. The minimum absolute atomic E-state index is 0.456. The van der Waals surface area contributed by atoms with Crippen LogP contribution in [0.3, 0.4) is 0 Å². The third-order valence-electron chi connectivity index (χ3n) is 3.67. The monoisotopic (exact) mass is 306 g/mol. The lowest BCUT2D eigenvalue weighted by molar-refractivity contribution is 1.16. The number of aryl methyl sites for hydroxylation is 1. The number of nitrogens with two attached hydrogens (primary N) is 1. The first kappa shape index (κ1) is 14.8. The smallest absolute Gasteiger partial charge is 0.159 e. The lowest BCUT2D eigenvalue weighted by Gasteiger charge is -2.14. The molecule has 2 heterocycles. The second-order valence-electron chi connectivity index (χ2n) is 5.22. The van der Waals surface area contributed by atoms with E-state index in [2.05, 4.69) is 45.5 Å². The average molecular weight is 306 g/mol. The third kappa shape index (κ3) is 3.21. The molecule has 0 aliphatic heterocycles. The van der Waals surface area contributed by atoms with Gasteiger partial charge in [0.25, 0.3) is 0 Å². The largest absolute Gasteiger partial charge is 0.393 e. The molecule has 0 saturated carbocycles. The van der Waals surface area contributed by atoms with Gasteiger partial charge in [-0.05, 0) is 43.2 Å². The fraction of sp³-hybridized carbons (Fsp3) is 0.118. The molecule has 3 rings (SSSR count). The fourth-order valence-electron chi connectivity index (χ4n) is 2.18. The summed E-state index contributed by atoms with van der Waals surface area (Å²) < 4.78 is 0. The molecule has 0 amide bonds. The van der Waals surface area contributed by atoms with E-state index in [0.29, 0.717) is 17.3 Å². The Labute approximate surface area is 134 Å². The Morgan fingerprint density at radius 3 is 2.48 bits per heavy atom. The topological polar surface area (TPSA) is 88.8 Å². The highest BCUT2D eigenvalue weighted by atomic mass is 15.1. The molecule has 0 saturated heterocycles. The highest BCUT2D eigenvalue weighted by molar-refractivity contribution is 5.80. The summed E-state index contributed by atoms with van der Waals surface area (Å²) in [6, 6.07) is 9.80. The van der Waals surface area contributed by atoms with Crippen LogP contribution in [0.15, 0.2) is 49.1 Å². The summed E-state index contributed by atoms with van der Waals surface area (Å²) in [4.78, 5) is 12.5. The van der Waals surface area contributed by atoms with E-state index < -0.39 is 0 Å². The van der Waals surface area contributed by atoms with Crippen LogP contribution in [-0.2, 0) is 0 Å². The van der Waals surface area contributed by atoms with Crippen molar-refractivity contribution in [2.24, 2.45) is 0 Å². The van der Waals surface area contributed by atoms with Crippen molar-refractivity contribution in [2.45, 2.75) is 13.8 Å². The molecule has 3 aromatic rings. The maximum Gasteiger partial charge on any atom is 0.159 e. The molecule has 4 N–H and O–H groups in total. The summed E-state index contributed by atoms with van der Waals surface area (Å²) in [5, 5.41) is 6.42. The van der Waals surface area contributed by atoms with Gasteiger partial charge in [-0.3, -0.25) is 4.98 Å². The molecular formula is C17H18N6. The van der Waals surface area contributed by atoms with Crippen molar-refractivity contribution in [3.8, 4) is 0 Å². The molecule has 6 nitrogen and oxygen atoms in total. The molecule has 116 valence electrons. The van der Waals surface area contributed by atoms with Gasteiger partial charge < -0.3 is 16.4 Å². The predicted molar refractivity (Wildman–Crippen MR) is 93.2 cm³/mol. The zero-order chi connectivity index (χ0) is 16.2. The van der Waals surface area contributed by atoms with Crippen LogP contribution in [0.1, 0.15) is 11.1 Å². The van der Waals surface area contributed by atoms with Gasteiger partial charge in [-0.15, -0.1) is 0 Å². The maximum absolute atomic E-state index is 6.20. The summed E-state index contributed by atoms with van der Waals surface area (Å²) in [5.74, 6) is 1.11. The molecule has 0 unspecified atom stereocenters. The number of pyridine rings is 1. The number of hydrogen-bond acceptors (Lipinski definition) is 6. The Kier molecular flexibility index (Phi) is 4.05. The lowest BCUT2D eigenvalue weighted by atomic mass is 10.1. The van der Waals surface area contributed by atoms with E-state index in [1.807, 2.05) is 24.3 Å². The number of benzene rings is 1. The van der Waals surface area contributed by atoms with E-state index >= 15 is 0 Å². The number of hydrogen-bond donors (Lipinski definition) is 3. The zero-order valence-electron chi connectivity index (χ0n) is 13.0. The van der Waals surface area contributed by atoms with Gasteiger partial charge in [0.05, 0.1) is 11.9 Å². The van der Waals surface area contributed by atoms with E-state index in [-0.39, 0.29) is 0 Å². The summed E-state index contributed by atoms with van der Waals surface area (Å²) in [7, 11) is 0. The quantitative estimate of drug-likeness (QED) is 0.683. The van der Waals surface area contributed by atoms with Crippen LogP contribution in [0, 0.1) is 13.8 Å². The standard InChI is InChI=1S/C17H18N6/c1-11-5-3-7-14(12(11)2)23-17-15(18)16(20-10-21-17)22-13-6-4-8-19-9-13/h3-10H,18H2,1-2H3,(H2,20,21,22,23). The molecule has 0 fully saturated rings. The van der Waals surface area contributed by atoms with Gasteiger partial charge in [0.15, 0.2) is 11.6 Å². The minimum Gasteiger partial charge on any atom is -0.393 e. The summed E-state index contributed by atoms with van der Waals surface area (Å²) >= 11 is 0. The first-order valence-corrected chi connectivity index (χ1v) is 7.26. The van der Waals surface area contributed by atoms with Gasteiger partial charge in [0.1, 0.15) is 12.0 Å². The van der Waals surface area contributed by atoms with E-state index in [0.717, 1.165) is 16.9 Å². The SMILES string of the molecule is Cc1cccc(Nc2ncnc(Nc3cccnc3)c2N)c1C. The van der Waals surface area contributed by atoms with Crippen molar-refractivity contribution in [3.63, 3.8) is 0 Å². The minimum atomic E-state index is 0.456. The number of rotatable bonds is 4. The second-order valence-corrected chi connectivity index (χ2v) is 5.22. The summed E-state index contributed by atoms with van der Waals surface area (Å²) in [5.41, 5.74) is 10.8. The molecule has 0 bridgehead atoms. The van der Waals surface area contributed by atoms with Crippen molar-refractivity contribution in [2.75, 3.05) is 16.4 Å². The molecule has 1 aromatic carbocycles. The lowest BCUT2D eigenvalue weighted by Crippen LogP contribution is -2.06. The first-order chi connectivity index (χ1) is 11.1. The van der Waals surface area contributed by atoms with Crippen molar-refractivity contribution in [1.29, 1.82) is 0 Å². The molecule has 23 heavy (non-hydrogen) atoms. The predicted octanol–water partition coefficient (Wildman–Crippen LogP) is 3.56. The number of anilines is 5. The molecule has 0 spiro atoms. The Balaban J connectivity index is 1.89. The van der Waals surface area contributed by atoms with Crippen LogP contribution in [-0.4, -0.2) is 15.0 Å². The van der Waals surface area contributed by atoms with Crippen LogP contribution < -0.4 is 16.4 Å². The Bertz CT molecular complexity index is 817. The average Bonchev–Trinajstić information content (AvgIpc) is 2.56. The molecule has 0 aliphatic rings. The highest BCUT2D eigenvalue weighted by Crippen LogP contribution is 2.29. The van der Waals surface area contributed by atoms with Crippen molar-refractivity contribution >= 4 is 28.7 Å². The van der Waals surface area contributed by atoms with Crippen LogP contribution in [0.5, 0.6) is 0 Å². The van der Waals surface area contributed by atoms with Crippen molar-refractivity contribution < 1.29 is 0 Å². The second kappa shape index (κ2) is 6.31. The fourth-order valence-corrected chi connectivity index (χ4v) is 2.18. The van der Waals surface area contributed by atoms with Crippen LogP contribution in [0.4, 0.5) is 28.7 Å². The van der Waals surface area contributed by atoms with E-state index in [4.69, 9.17) is 5.73 Å². The first-order valence-electron chi connectivity index (χ1n) is 7.26. The van der Waals surface area contributed by atoms with E-state index in [1.165, 1.54) is 11.9 Å². The maximum atomic E-state index is 6.20. The number of nitrogens with zero attached hydrogens (tertiary/aromatic N) is 3. The van der Waals surface area contributed by atoms with E-state index in [1.54, 1.807) is 12.4 Å². The van der Waals surface area contributed by atoms with Crippen molar-refractivity contribution in [1.82, 2.24) is 15.0 Å². The van der Waals surface area contributed by atoms with Gasteiger partial charge in [-0.1, -0.05) is 12.1 Å². The number of nitrogens with one attached hydrogen (secondary N) is 2. The summed E-state index contributed by atoms with van der Waals surface area (Å²) in [6.45, 7) is 4.13. The van der Waals surface area contributed by atoms with Gasteiger partial charge in [-0.25, -0.2) is 9.97 Å². The third-order valence-corrected chi connectivity index (χ3v) is 3.67. The van der Waals surface area contributed by atoms with Crippen molar-refractivity contribution in [3.05, 3.63) is 60.2 Å². The van der Waals surface area contributed by atoms with Gasteiger partial charge in [0.2, 0.25) is 0 Å². The van der Waals surface area contributed by atoms with Crippen LogP contribution >= 0.6 is 0 Å². The summed E-state index contributed by atoms with van der Waals surface area (Å²) in [6.07, 6.45) is 4.89. The Hall–Kier alpha value is -3.15. The number of nitrogen functional groups attached to an aromatic ring is 1. The normalized spacial score (nSPS) is 10.3. The Morgan fingerprint density at radius 2 is 1.74 bits per heavy atom. The van der Waals surface area contributed by atoms with Crippen LogP contribution in [0.25, 0.3) is 0 Å².